The van der Waals surface area contributed by atoms with Gasteiger partial charge in [-0.3, -0.25) is 14.4 Å². The van der Waals surface area contributed by atoms with Crippen LogP contribution < -0.4 is 16.0 Å². The predicted molar refractivity (Wildman–Crippen MR) is 129 cm³/mol. The Hall–Kier alpha value is -4.14. The summed E-state index contributed by atoms with van der Waals surface area (Å²) in [5.74, 6) is -1.49. The van der Waals surface area contributed by atoms with Gasteiger partial charge < -0.3 is 20.7 Å². The SMILES string of the molecule is Cc1nc2ccccc2nc1C(=O)N[C@@H](Cc1ccccc1)C(=O)N[C@H](C=O)C[C@@H]1CCNC1=O. The van der Waals surface area contributed by atoms with Crippen LogP contribution in [-0.4, -0.2) is 52.6 Å². The number of nitrogens with zero attached hydrogens (tertiary/aromatic N) is 2. The predicted octanol–water partition coefficient (Wildman–Crippen LogP) is 1.49. The van der Waals surface area contributed by atoms with E-state index in [2.05, 4.69) is 25.9 Å². The first kappa shape index (κ1) is 24.0. The minimum atomic E-state index is -0.961. The number of amides is 3. The Bertz CT molecular complexity index is 1250. The number of benzene rings is 2. The molecule has 9 nitrogen and oxygen atoms in total. The van der Waals surface area contributed by atoms with E-state index < -0.39 is 23.9 Å². The van der Waals surface area contributed by atoms with Gasteiger partial charge in [0.15, 0.2) is 0 Å². The van der Waals surface area contributed by atoms with Crippen molar-refractivity contribution in [2.45, 2.75) is 38.3 Å². The summed E-state index contributed by atoms with van der Waals surface area (Å²) >= 11 is 0. The average Bonchev–Trinajstić information content (AvgIpc) is 3.27. The monoisotopic (exact) mass is 473 g/mol. The first-order valence-corrected chi connectivity index (χ1v) is 11.6. The highest BCUT2D eigenvalue weighted by Gasteiger charge is 2.30. The first-order valence-electron chi connectivity index (χ1n) is 11.6. The van der Waals surface area contributed by atoms with Crippen molar-refractivity contribution in [1.82, 2.24) is 25.9 Å². The second-order valence-corrected chi connectivity index (χ2v) is 8.63. The van der Waals surface area contributed by atoms with Crippen molar-refractivity contribution in [2.24, 2.45) is 5.92 Å². The highest BCUT2D eigenvalue weighted by atomic mass is 16.2. The summed E-state index contributed by atoms with van der Waals surface area (Å²) in [7, 11) is 0. The van der Waals surface area contributed by atoms with Crippen LogP contribution in [0.2, 0.25) is 0 Å². The molecule has 2 heterocycles. The minimum absolute atomic E-state index is 0.120. The molecule has 3 N–H and O–H groups in total. The van der Waals surface area contributed by atoms with Crippen LogP contribution in [0.25, 0.3) is 11.0 Å². The molecule has 2 aromatic carbocycles. The van der Waals surface area contributed by atoms with E-state index in [0.29, 0.717) is 36.0 Å². The highest BCUT2D eigenvalue weighted by molar-refractivity contribution is 5.98. The quantitative estimate of drug-likeness (QED) is 0.404. The number of carbonyl (C=O) groups excluding carboxylic acids is 4. The molecule has 1 fully saturated rings. The van der Waals surface area contributed by atoms with Gasteiger partial charge in [-0.1, -0.05) is 42.5 Å². The van der Waals surface area contributed by atoms with E-state index in [1.165, 1.54) is 0 Å². The molecule has 1 saturated heterocycles. The van der Waals surface area contributed by atoms with Crippen molar-refractivity contribution in [3.05, 3.63) is 71.5 Å². The van der Waals surface area contributed by atoms with Crippen LogP contribution in [0.3, 0.4) is 0 Å². The Morgan fingerprint density at radius 2 is 1.74 bits per heavy atom. The molecule has 3 amide bonds. The van der Waals surface area contributed by atoms with Crippen molar-refractivity contribution < 1.29 is 19.2 Å². The molecular weight excluding hydrogens is 446 g/mol. The van der Waals surface area contributed by atoms with Gasteiger partial charge in [0.05, 0.1) is 22.8 Å². The molecule has 0 radical (unpaired) electrons. The molecule has 3 aromatic rings. The Morgan fingerprint density at radius 3 is 2.40 bits per heavy atom. The van der Waals surface area contributed by atoms with Gasteiger partial charge in [0.1, 0.15) is 18.0 Å². The third-order valence-corrected chi connectivity index (χ3v) is 6.06. The molecule has 0 bridgehead atoms. The second kappa shape index (κ2) is 10.9. The fourth-order valence-corrected chi connectivity index (χ4v) is 4.20. The van der Waals surface area contributed by atoms with Crippen molar-refractivity contribution in [2.75, 3.05) is 6.54 Å². The summed E-state index contributed by atoms with van der Waals surface area (Å²) < 4.78 is 0. The largest absolute Gasteiger partial charge is 0.356 e. The van der Waals surface area contributed by atoms with Gasteiger partial charge in [-0.05, 0) is 37.5 Å². The number of fused-ring (bicyclic) bond motifs is 1. The van der Waals surface area contributed by atoms with E-state index in [-0.39, 0.29) is 30.4 Å². The van der Waals surface area contributed by atoms with Gasteiger partial charge in [-0.15, -0.1) is 0 Å². The number of rotatable bonds is 9. The summed E-state index contributed by atoms with van der Waals surface area (Å²) in [6.45, 7) is 2.25. The maximum atomic E-state index is 13.2. The third kappa shape index (κ3) is 5.87. The molecule has 1 aliphatic rings. The zero-order valence-corrected chi connectivity index (χ0v) is 19.4. The van der Waals surface area contributed by atoms with E-state index in [1.54, 1.807) is 13.0 Å². The van der Waals surface area contributed by atoms with E-state index in [4.69, 9.17) is 0 Å². The zero-order valence-electron chi connectivity index (χ0n) is 19.4. The lowest BCUT2D eigenvalue weighted by Crippen LogP contribution is -2.51. The van der Waals surface area contributed by atoms with Crippen LogP contribution in [0, 0.1) is 12.8 Å². The van der Waals surface area contributed by atoms with Crippen LogP contribution >= 0.6 is 0 Å². The van der Waals surface area contributed by atoms with Crippen LogP contribution in [-0.2, 0) is 20.8 Å². The Balaban J connectivity index is 1.53. The number of nitrogens with one attached hydrogen (secondary N) is 3. The van der Waals surface area contributed by atoms with Crippen LogP contribution in [0.4, 0.5) is 0 Å². The summed E-state index contributed by atoms with van der Waals surface area (Å²) in [6, 6.07) is 14.7. The number of carbonyl (C=O) groups is 4. The lowest BCUT2D eigenvalue weighted by molar-refractivity contribution is -0.127. The van der Waals surface area contributed by atoms with Crippen LogP contribution in [0.15, 0.2) is 54.6 Å². The smallest absolute Gasteiger partial charge is 0.272 e. The molecule has 0 saturated carbocycles. The van der Waals surface area contributed by atoms with E-state index in [0.717, 1.165) is 5.56 Å². The summed E-state index contributed by atoms with van der Waals surface area (Å²) in [6.07, 6.45) is 1.67. The molecule has 9 heteroatoms. The molecule has 180 valence electrons. The molecule has 0 spiro atoms. The van der Waals surface area contributed by atoms with Gasteiger partial charge in [-0.2, -0.15) is 0 Å². The van der Waals surface area contributed by atoms with E-state index >= 15 is 0 Å². The topological polar surface area (TPSA) is 130 Å². The number of aromatic nitrogens is 2. The summed E-state index contributed by atoms with van der Waals surface area (Å²) in [5, 5.41) is 8.20. The van der Waals surface area contributed by atoms with E-state index in [9.17, 15) is 19.2 Å². The molecule has 1 aromatic heterocycles. The van der Waals surface area contributed by atoms with Crippen LogP contribution in [0.1, 0.15) is 34.6 Å². The third-order valence-electron chi connectivity index (χ3n) is 6.06. The lowest BCUT2D eigenvalue weighted by Gasteiger charge is -2.22. The molecule has 0 unspecified atom stereocenters. The molecule has 0 aliphatic carbocycles. The van der Waals surface area contributed by atoms with Crippen molar-refractivity contribution in [3.63, 3.8) is 0 Å². The molecule has 35 heavy (non-hydrogen) atoms. The molecule has 3 atom stereocenters. The molecule has 4 rings (SSSR count). The van der Waals surface area contributed by atoms with Crippen molar-refractivity contribution >= 4 is 35.0 Å². The number of hydrogen-bond acceptors (Lipinski definition) is 6. The summed E-state index contributed by atoms with van der Waals surface area (Å²) in [4.78, 5) is 58.9. The number of hydrogen-bond donors (Lipinski definition) is 3. The number of aryl methyl sites for hydroxylation is 1. The highest BCUT2D eigenvalue weighted by Crippen LogP contribution is 2.16. The van der Waals surface area contributed by atoms with E-state index in [1.807, 2.05) is 48.5 Å². The Morgan fingerprint density at radius 1 is 1.06 bits per heavy atom. The Labute approximate surface area is 202 Å². The molecule has 1 aliphatic heterocycles. The number of para-hydroxylation sites is 2. The maximum absolute atomic E-state index is 13.2. The van der Waals surface area contributed by atoms with Crippen molar-refractivity contribution in [1.29, 1.82) is 0 Å². The van der Waals surface area contributed by atoms with Crippen molar-refractivity contribution in [3.8, 4) is 0 Å². The van der Waals surface area contributed by atoms with Gasteiger partial charge in [0.2, 0.25) is 11.8 Å². The summed E-state index contributed by atoms with van der Waals surface area (Å²) in [5.41, 5.74) is 2.65. The van der Waals surface area contributed by atoms with Gasteiger partial charge >= 0.3 is 0 Å². The standard InChI is InChI=1S/C26H27N5O4/c1-16-23(30-21-10-6-5-9-20(21)28-16)26(35)31-22(13-17-7-3-2-4-8-17)25(34)29-19(15-32)14-18-11-12-27-24(18)33/h2-10,15,18-19,22H,11-14H2,1H3,(H,27,33)(H,29,34)(H,31,35)/t18-,19-,22-/m0/s1. The Kier molecular flexibility index (Phi) is 7.45. The van der Waals surface area contributed by atoms with Gasteiger partial charge in [-0.25, -0.2) is 9.97 Å². The zero-order chi connectivity index (χ0) is 24.8. The maximum Gasteiger partial charge on any atom is 0.272 e. The fourth-order valence-electron chi connectivity index (χ4n) is 4.20. The fraction of sp³-hybridized carbons (Fsp3) is 0.308. The second-order valence-electron chi connectivity index (χ2n) is 8.63. The average molecular weight is 474 g/mol. The van der Waals surface area contributed by atoms with Gasteiger partial charge in [0.25, 0.3) is 5.91 Å². The van der Waals surface area contributed by atoms with Crippen LogP contribution in [0.5, 0.6) is 0 Å². The lowest BCUT2D eigenvalue weighted by atomic mass is 9.98. The normalized spacial score (nSPS) is 16.8. The number of aldehydes is 1. The first-order chi connectivity index (χ1) is 16.9. The molecular formula is C26H27N5O4. The van der Waals surface area contributed by atoms with Gasteiger partial charge in [0, 0.05) is 18.9 Å². The minimum Gasteiger partial charge on any atom is -0.356 e.